The van der Waals surface area contributed by atoms with Crippen LogP contribution in [0.1, 0.15) is 31.6 Å². The van der Waals surface area contributed by atoms with Crippen LogP contribution in [0.4, 0.5) is 0 Å². The number of thiophene rings is 1. The molecule has 162 valence electrons. The lowest BCUT2D eigenvalue weighted by Gasteiger charge is -2.36. The maximum atomic E-state index is 12.4. The Balaban J connectivity index is 0.00000392. The molecule has 0 bridgehead atoms. The second kappa shape index (κ2) is 12.3. The monoisotopic (exact) mass is 544 g/mol. The van der Waals surface area contributed by atoms with Gasteiger partial charge in [-0.1, -0.05) is 13.0 Å². The smallest absolute Gasteiger partial charge is 0.216 e. The molecule has 1 aliphatic rings. The Labute approximate surface area is 190 Å². The Hall–Kier alpha value is -0.430. The third kappa shape index (κ3) is 7.77. The minimum absolute atomic E-state index is 0. The summed E-state index contributed by atoms with van der Waals surface area (Å²) in [6, 6.07) is 4.21. The molecular formula is C18H33IN4O3S2. The van der Waals surface area contributed by atoms with Crippen molar-refractivity contribution in [3.8, 4) is 0 Å². The van der Waals surface area contributed by atoms with Gasteiger partial charge in [0, 0.05) is 50.6 Å². The van der Waals surface area contributed by atoms with E-state index < -0.39 is 10.0 Å². The van der Waals surface area contributed by atoms with Gasteiger partial charge in [-0.05, 0) is 25.3 Å². The van der Waals surface area contributed by atoms with Crippen LogP contribution < -0.4 is 5.32 Å². The number of aliphatic imine (C=N–C) groups is 1. The number of nitrogens with one attached hydrogen (secondary N) is 1. The molecule has 1 aliphatic heterocycles. The van der Waals surface area contributed by atoms with Gasteiger partial charge >= 0.3 is 0 Å². The molecule has 0 radical (unpaired) electrons. The van der Waals surface area contributed by atoms with E-state index in [0.29, 0.717) is 32.1 Å². The zero-order valence-corrected chi connectivity index (χ0v) is 21.1. The fraction of sp³-hybridized carbons (Fsp3) is 0.722. The van der Waals surface area contributed by atoms with Gasteiger partial charge in [0.2, 0.25) is 10.0 Å². The van der Waals surface area contributed by atoms with Crippen molar-refractivity contribution in [3.05, 3.63) is 22.4 Å². The highest BCUT2D eigenvalue weighted by Gasteiger charge is 2.28. The zero-order chi connectivity index (χ0) is 19.9. The molecular weight excluding hydrogens is 511 g/mol. The van der Waals surface area contributed by atoms with Crippen molar-refractivity contribution in [1.82, 2.24) is 14.5 Å². The standard InChI is InChI=1S/C18H32N4O3S2.HI/c1-15(2)25-11-13-27(23,24)22-9-7-21(8-10-22)18(19-4)20-14-16(3)17-6-5-12-26-17;/h5-6,12,15-16H,7-11,13-14H2,1-4H3,(H,19,20);1H. The number of piperazine rings is 1. The van der Waals surface area contributed by atoms with Gasteiger partial charge in [-0.25, -0.2) is 8.42 Å². The van der Waals surface area contributed by atoms with Gasteiger partial charge in [0.05, 0.1) is 18.5 Å². The molecule has 0 amide bonds. The highest BCUT2D eigenvalue weighted by Crippen LogP contribution is 2.19. The average Bonchev–Trinajstić information content (AvgIpc) is 3.17. The molecule has 1 N–H and O–H groups in total. The maximum Gasteiger partial charge on any atom is 0.216 e. The van der Waals surface area contributed by atoms with Crippen molar-refractivity contribution in [1.29, 1.82) is 0 Å². The summed E-state index contributed by atoms with van der Waals surface area (Å²) < 4.78 is 31.8. The highest BCUT2D eigenvalue weighted by atomic mass is 127. The van der Waals surface area contributed by atoms with E-state index in [1.54, 1.807) is 22.7 Å². The Morgan fingerprint density at radius 1 is 1.29 bits per heavy atom. The zero-order valence-electron chi connectivity index (χ0n) is 17.1. The quantitative estimate of drug-likeness (QED) is 0.309. The summed E-state index contributed by atoms with van der Waals surface area (Å²) in [6.45, 7) is 9.27. The molecule has 2 rings (SSSR count). The van der Waals surface area contributed by atoms with Gasteiger partial charge in [0.15, 0.2) is 5.96 Å². The number of sulfonamides is 1. The number of ether oxygens (including phenoxy) is 1. The lowest BCUT2D eigenvalue weighted by atomic mass is 10.1. The molecule has 0 spiro atoms. The van der Waals surface area contributed by atoms with Crippen LogP contribution in [0, 0.1) is 0 Å². The Bertz CT molecular complexity index is 688. The van der Waals surface area contributed by atoms with Gasteiger partial charge in [-0.15, -0.1) is 35.3 Å². The first kappa shape index (κ1) is 25.6. The molecule has 10 heteroatoms. The van der Waals surface area contributed by atoms with Crippen LogP contribution in [0.25, 0.3) is 0 Å². The first-order chi connectivity index (χ1) is 12.8. The fourth-order valence-corrected chi connectivity index (χ4v) is 5.02. The molecule has 0 saturated carbocycles. The van der Waals surface area contributed by atoms with Crippen LogP contribution in [-0.4, -0.2) is 81.8 Å². The van der Waals surface area contributed by atoms with Gasteiger partial charge < -0.3 is 15.0 Å². The minimum Gasteiger partial charge on any atom is -0.378 e. The van der Waals surface area contributed by atoms with Crippen LogP contribution in [0.5, 0.6) is 0 Å². The molecule has 0 aliphatic carbocycles. The maximum absolute atomic E-state index is 12.4. The molecule has 7 nitrogen and oxygen atoms in total. The molecule has 1 fully saturated rings. The predicted molar refractivity (Wildman–Crippen MR) is 128 cm³/mol. The Morgan fingerprint density at radius 2 is 1.96 bits per heavy atom. The number of hydrogen-bond donors (Lipinski definition) is 1. The number of hydrogen-bond acceptors (Lipinski definition) is 5. The van der Waals surface area contributed by atoms with E-state index in [4.69, 9.17) is 4.74 Å². The second-order valence-electron chi connectivity index (χ2n) is 6.97. The van der Waals surface area contributed by atoms with Gasteiger partial charge in [-0.2, -0.15) is 4.31 Å². The third-order valence-electron chi connectivity index (χ3n) is 4.53. The van der Waals surface area contributed by atoms with Crippen molar-refractivity contribution < 1.29 is 13.2 Å². The second-order valence-corrected chi connectivity index (χ2v) is 10.0. The lowest BCUT2D eigenvalue weighted by molar-refractivity contribution is 0.0904. The first-order valence-corrected chi connectivity index (χ1v) is 11.9. The van der Waals surface area contributed by atoms with Crippen LogP contribution in [0.15, 0.2) is 22.5 Å². The van der Waals surface area contributed by atoms with E-state index in [-0.39, 0.29) is 42.4 Å². The number of halogens is 1. The van der Waals surface area contributed by atoms with E-state index in [9.17, 15) is 8.42 Å². The summed E-state index contributed by atoms with van der Waals surface area (Å²) in [7, 11) is -1.50. The van der Waals surface area contributed by atoms with E-state index in [1.807, 2.05) is 13.8 Å². The fourth-order valence-electron chi connectivity index (χ4n) is 2.95. The molecule has 1 atom stereocenters. The van der Waals surface area contributed by atoms with Crippen molar-refractivity contribution >= 4 is 51.3 Å². The average molecular weight is 545 g/mol. The summed E-state index contributed by atoms with van der Waals surface area (Å²) in [5.74, 6) is 1.28. The minimum atomic E-state index is -3.27. The van der Waals surface area contributed by atoms with E-state index in [0.717, 1.165) is 12.5 Å². The first-order valence-electron chi connectivity index (χ1n) is 9.42. The van der Waals surface area contributed by atoms with Crippen LogP contribution >= 0.6 is 35.3 Å². The summed E-state index contributed by atoms with van der Waals surface area (Å²) in [6.07, 6.45) is 0.0445. The molecule has 1 saturated heterocycles. The van der Waals surface area contributed by atoms with E-state index in [2.05, 4.69) is 39.6 Å². The van der Waals surface area contributed by atoms with Crippen LogP contribution in [0.2, 0.25) is 0 Å². The van der Waals surface area contributed by atoms with E-state index in [1.165, 1.54) is 4.88 Å². The van der Waals surface area contributed by atoms with Crippen molar-refractivity contribution in [3.63, 3.8) is 0 Å². The topological polar surface area (TPSA) is 74.2 Å². The summed E-state index contributed by atoms with van der Waals surface area (Å²) in [5.41, 5.74) is 0. The van der Waals surface area contributed by atoms with Gasteiger partial charge in [-0.3, -0.25) is 4.99 Å². The Kier molecular flexibility index (Phi) is 11.3. The molecule has 0 aromatic carbocycles. The molecule has 1 unspecified atom stereocenters. The highest BCUT2D eigenvalue weighted by molar-refractivity contribution is 14.0. The molecule has 28 heavy (non-hydrogen) atoms. The largest absolute Gasteiger partial charge is 0.378 e. The van der Waals surface area contributed by atoms with Crippen LogP contribution in [-0.2, 0) is 14.8 Å². The number of rotatable bonds is 8. The normalized spacial score (nSPS) is 17.5. The summed E-state index contributed by atoms with van der Waals surface area (Å²) >= 11 is 1.76. The van der Waals surface area contributed by atoms with Crippen molar-refractivity contribution in [2.24, 2.45) is 4.99 Å². The number of nitrogens with zero attached hydrogens (tertiary/aromatic N) is 3. The van der Waals surface area contributed by atoms with E-state index >= 15 is 0 Å². The SMILES string of the molecule is CN=C(NCC(C)c1cccs1)N1CCN(S(=O)(=O)CCOC(C)C)CC1.I. The molecule has 1 aromatic rings. The number of guanidine groups is 1. The summed E-state index contributed by atoms with van der Waals surface area (Å²) in [4.78, 5) is 7.84. The third-order valence-corrected chi connectivity index (χ3v) is 7.47. The van der Waals surface area contributed by atoms with Gasteiger partial charge in [0.1, 0.15) is 0 Å². The van der Waals surface area contributed by atoms with Crippen molar-refractivity contribution in [2.45, 2.75) is 32.8 Å². The Morgan fingerprint density at radius 3 is 2.50 bits per heavy atom. The molecule has 2 heterocycles. The van der Waals surface area contributed by atoms with Gasteiger partial charge in [0.25, 0.3) is 0 Å². The molecule has 1 aromatic heterocycles. The lowest BCUT2D eigenvalue weighted by Crippen LogP contribution is -2.54. The summed E-state index contributed by atoms with van der Waals surface area (Å²) in [5, 5.41) is 5.51. The van der Waals surface area contributed by atoms with Crippen LogP contribution in [0.3, 0.4) is 0 Å². The predicted octanol–water partition coefficient (Wildman–Crippen LogP) is 2.42. The van der Waals surface area contributed by atoms with Crippen molar-refractivity contribution in [2.75, 3.05) is 52.1 Å².